The van der Waals surface area contributed by atoms with E-state index in [1.54, 1.807) is 18.2 Å². The lowest BCUT2D eigenvalue weighted by Crippen LogP contribution is -2.35. The molecule has 2 aliphatic carbocycles. The first kappa shape index (κ1) is 12.7. The van der Waals surface area contributed by atoms with E-state index in [0.29, 0.717) is 16.7 Å². The van der Waals surface area contributed by atoms with Gasteiger partial charge in [-0.15, -0.1) is 0 Å². The van der Waals surface area contributed by atoms with Crippen LogP contribution in [-0.2, 0) is 4.79 Å². The molecule has 2 aliphatic rings. The normalized spacial score (nSPS) is 22.1. The van der Waals surface area contributed by atoms with Crippen LogP contribution in [0.5, 0.6) is 0 Å². The molecule has 1 N–H and O–H groups in total. The van der Waals surface area contributed by atoms with Crippen LogP contribution in [0, 0.1) is 5.41 Å². The SMILES string of the molecule is N=C1C2=Cc3ccccc3C(=O)C2=C(Br)C(=O)C1Br. The van der Waals surface area contributed by atoms with Gasteiger partial charge < -0.3 is 5.41 Å². The molecular weight excluding hydrogens is 374 g/mol. The molecule has 0 bridgehead atoms. The maximum absolute atomic E-state index is 12.5. The molecule has 1 aromatic rings. The summed E-state index contributed by atoms with van der Waals surface area (Å²) >= 11 is 6.39. The molecular formula is C14H7Br2NO2. The summed E-state index contributed by atoms with van der Waals surface area (Å²) in [6.07, 6.45) is 1.79. The van der Waals surface area contributed by atoms with Gasteiger partial charge in [0.25, 0.3) is 0 Å². The molecule has 1 atom stereocenters. The van der Waals surface area contributed by atoms with Crippen LogP contribution in [-0.4, -0.2) is 22.1 Å². The van der Waals surface area contributed by atoms with Crippen LogP contribution in [0.4, 0.5) is 0 Å². The summed E-state index contributed by atoms with van der Waals surface area (Å²) in [5, 5.41) is 8.03. The molecule has 1 unspecified atom stereocenters. The molecule has 0 radical (unpaired) electrons. The number of allylic oxidation sites excluding steroid dienone is 3. The fraction of sp³-hybridized carbons (Fsp3) is 0.0714. The van der Waals surface area contributed by atoms with E-state index in [2.05, 4.69) is 31.9 Å². The van der Waals surface area contributed by atoms with E-state index >= 15 is 0 Å². The van der Waals surface area contributed by atoms with E-state index in [4.69, 9.17) is 5.41 Å². The van der Waals surface area contributed by atoms with Gasteiger partial charge in [-0.3, -0.25) is 9.59 Å². The van der Waals surface area contributed by atoms with Crippen molar-refractivity contribution in [2.45, 2.75) is 4.83 Å². The van der Waals surface area contributed by atoms with Gasteiger partial charge in [-0.25, -0.2) is 0 Å². The molecule has 0 amide bonds. The van der Waals surface area contributed by atoms with Crippen LogP contribution in [0.1, 0.15) is 15.9 Å². The second-order valence-corrected chi connectivity index (χ2v) is 6.01. The van der Waals surface area contributed by atoms with Gasteiger partial charge >= 0.3 is 0 Å². The highest BCUT2D eigenvalue weighted by Gasteiger charge is 2.39. The van der Waals surface area contributed by atoms with Crippen molar-refractivity contribution >= 4 is 55.2 Å². The molecule has 5 heteroatoms. The first-order chi connectivity index (χ1) is 9.02. The summed E-state index contributed by atoms with van der Waals surface area (Å²) in [7, 11) is 0. The molecule has 0 saturated carbocycles. The number of carbonyl (C=O) groups is 2. The largest absolute Gasteiger partial charge is 0.303 e. The van der Waals surface area contributed by atoms with Crippen molar-refractivity contribution in [1.82, 2.24) is 0 Å². The first-order valence-corrected chi connectivity index (χ1v) is 7.26. The van der Waals surface area contributed by atoms with E-state index in [1.165, 1.54) is 0 Å². The Morgan fingerprint density at radius 3 is 2.58 bits per heavy atom. The molecule has 3 nitrogen and oxygen atoms in total. The topological polar surface area (TPSA) is 58.0 Å². The van der Waals surface area contributed by atoms with Crippen molar-refractivity contribution in [3.8, 4) is 0 Å². The lowest BCUT2D eigenvalue weighted by molar-refractivity contribution is -0.113. The van der Waals surface area contributed by atoms with Crippen LogP contribution in [0.3, 0.4) is 0 Å². The van der Waals surface area contributed by atoms with E-state index < -0.39 is 4.83 Å². The highest BCUT2D eigenvalue weighted by Crippen LogP contribution is 2.38. The predicted octanol–water partition coefficient (Wildman–Crippen LogP) is 3.28. The number of hydrogen-bond acceptors (Lipinski definition) is 3. The van der Waals surface area contributed by atoms with Crippen molar-refractivity contribution in [2.75, 3.05) is 0 Å². The van der Waals surface area contributed by atoms with Crippen molar-refractivity contribution in [3.05, 3.63) is 51.0 Å². The fourth-order valence-electron chi connectivity index (χ4n) is 2.25. The third-order valence-corrected chi connectivity index (χ3v) is 4.87. The molecule has 0 spiro atoms. The maximum atomic E-state index is 12.5. The molecule has 0 fully saturated rings. The molecule has 0 heterocycles. The summed E-state index contributed by atoms with van der Waals surface area (Å²) in [6.45, 7) is 0. The average molecular weight is 381 g/mol. The third kappa shape index (κ3) is 1.72. The number of ketones is 2. The van der Waals surface area contributed by atoms with Crippen LogP contribution in [0.2, 0.25) is 0 Å². The average Bonchev–Trinajstić information content (AvgIpc) is 2.43. The minimum Gasteiger partial charge on any atom is -0.303 e. The summed E-state index contributed by atoms with van der Waals surface area (Å²) in [5.74, 6) is -0.498. The number of nitrogens with one attached hydrogen (secondary N) is 1. The van der Waals surface area contributed by atoms with Gasteiger partial charge in [0.05, 0.1) is 10.2 Å². The summed E-state index contributed by atoms with van der Waals surface area (Å²) in [4.78, 5) is 23.7. The Labute approximate surface area is 126 Å². The monoisotopic (exact) mass is 379 g/mol. The van der Waals surface area contributed by atoms with E-state index in [0.717, 1.165) is 5.56 Å². The second-order valence-electron chi connectivity index (χ2n) is 4.30. The molecule has 0 aromatic heterocycles. The lowest BCUT2D eigenvalue weighted by Gasteiger charge is -2.26. The molecule has 1 aromatic carbocycles. The Balaban J connectivity index is 2.35. The minimum atomic E-state index is -0.699. The number of fused-ring (bicyclic) bond motifs is 2. The number of halogens is 2. The number of benzene rings is 1. The van der Waals surface area contributed by atoms with Crippen LogP contribution >= 0.6 is 31.9 Å². The zero-order chi connectivity index (χ0) is 13.7. The van der Waals surface area contributed by atoms with Crippen molar-refractivity contribution < 1.29 is 9.59 Å². The molecule has 94 valence electrons. The Morgan fingerprint density at radius 1 is 1.16 bits per heavy atom. The van der Waals surface area contributed by atoms with Crippen molar-refractivity contribution in [2.24, 2.45) is 0 Å². The predicted molar refractivity (Wildman–Crippen MR) is 80.2 cm³/mol. The Morgan fingerprint density at radius 2 is 1.84 bits per heavy atom. The fourth-order valence-corrected chi connectivity index (χ4v) is 3.65. The first-order valence-electron chi connectivity index (χ1n) is 5.55. The van der Waals surface area contributed by atoms with Crippen LogP contribution < -0.4 is 0 Å². The van der Waals surface area contributed by atoms with Crippen LogP contribution in [0.15, 0.2) is 39.9 Å². The standard InChI is InChI=1S/C14H7Br2NO2/c15-10-9-8(12(17)11(16)14(10)19)5-6-3-1-2-4-7(6)13(9)18/h1-5,11,17H. The van der Waals surface area contributed by atoms with Crippen molar-refractivity contribution in [1.29, 1.82) is 5.41 Å². The Bertz CT molecular complexity index is 716. The molecule has 3 rings (SSSR count). The van der Waals surface area contributed by atoms with E-state index in [1.807, 2.05) is 12.1 Å². The van der Waals surface area contributed by atoms with Gasteiger partial charge in [-0.2, -0.15) is 0 Å². The zero-order valence-corrected chi connectivity index (χ0v) is 12.7. The van der Waals surface area contributed by atoms with E-state index in [9.17, 15) is 9.59 Å². The molecule has 0 aliphatic heterocycles. The Kier molecular flexibility index (Phi) is 2.91. The summed E-state index contributed by atoms with van der Waals surface area (Å²) in [5.41, 5.74) is 2.28. The number of alkyl halides is 1. The Hall–Kier alpha value is -1.33. The number of carbonyl (C=O) groups excluding carboxylic acids is 2. The van der Waals surface area contributed by atoms with Gasteiger partial charge in [-0.1, -0.05) is 40.2 Å². The molecule has 19 heavy (non-hydrogen) atoms. The van der Waals surface area contributed by atoms with Gasteiger partial charge in [0.1, 0.15) is 4.83 Å². The quantitative estimate of drug-likeness (QED) is 0.702. The number of hydrogen-bond donors (Lipinski definition) is 1. The number of rotatable bonds is 0. The van der Waals surface area contributed by atoms with Crippen molar-refractivity contribution in [3.63, 3.8) is 0 Å². The highest BCUT2D eigenvalue weighted by molar-refractivity contribution is 9.12. The molecule has 0 saturated heterocycles. The highest BCUT2D eigenvalue weighted by atomic mass is 79.9. The van der Waals surface area contributed by atoms with Gasteiger partial charge in [0, 0.05) is 16.7 Å². The maximum Gasteiger partial charge on any atom is 0.195 e. The smallest absolute Gasteiger partial charge is 0.195 e. The minimum absolute atomic E-state index is 0.131. The number of Topliss-reactive ketones (excluding diaryl/α,β-unsaturated/α-hetero) is 2. The summed E-state index contributed by atoms with van der Waals surface area (Å²) in [6, 6.07) is 7.19. The van der Waals surface area contributed by atoms with E-state index in [-0.39, 0.29) is 21.8 Å². The lowest BCUT2D eigenvalue weighted by atomic mass is 9.80. The van der Waals surface area contributed by atoms with Gasteiger partial charge in [-0.05, 0) is 27.6 Å². The second kappa shape index (κ2) is 4.35. The van der Waals surface area contributed by atoms with Gasteiger partial charge in [0.15, 0.2) is 11.6 Å². The van der Waals surface area contributed by atoms with Crippen LogP contribution in [0.25, 0.3) is 6.08 Å². The van der Waals surface area contributed by atoms with Gasteiger partial charge in [0.2, 0.25) is 0 Å². The summed E-state index contributed by atoms with van der Waals surface area (Å²) < 4.78 is 0.246. The third-order valence-electron chi connectivity index (χ3n) is 3.21. The zero-order valence-electron chi connectivity index (χ0n) is 9.54.